The number of rotatable bonds is 2. The molecule has 1 saturated heterocycles. The minimum atomic E-state index is -0.0776. The Balaban J connectivity index is 2.03. The average molecular weight is 310 g/mol. The standard InChI is InChI=1S/C13H18N4OS2/c1-3-10-8-11(18)17-12(14-10)20-13(15-17)16-5-7-19-6-4-9(16)2/h8-9H,3-7H2,1-2H3. The molecule has 0 aromatic carbocycles. The molecular weight excluding hydrogens is 292 g/mol. The molecule has 0 bridgehead atoms. The fourth-order valence-corrected chi connectivity index (χ4v) is 4.41. The van der Waals surface area contributed by atoms with Gasteiger partial charge in [-0.25, -0.2) is 4.98 Å². The Labute approximate surface area is 126 Å². The van der Waals surface area contributed by atoms with Crippen LogP contribution in [0.3, 0.4) is 0 Å². The Kier molecular flexibility index (Phi) is 3.98. The van der Waals surface area contributed by atoms with Crippen LogP contribution >= 0.6 is 23.1 Å². The second kappa shape index (κ2) is 5.73. The number of fused-ring (bicyclic) bond motifs is 1. The second-order valence-electron chi connectivity index (χ2n) is 4.96. The molecule has 2 aromatic heterocycles. The Hall–Kier alpha value is -1.08. The van der Waals surface area contributed by atoms with Crippen molar-refractivity contribution in [3.05, 3.63) is 22.1 Å². The zero-order chi connectivity index (χ0) is 14.1. The molecule has 1 aliphatic rings. The van der Waals surface area contributed by atoms with Crippen LogP contribution in [0.5, 0.6) is 0 Å². The quantitative estimate of drug-likeness (QED) is 0.849. The van der Waals surface area contributed by atoms with Crippen molar-refractivity contribution in [3.63, 3.8) is 0 Å². The Morgan fingerprint density at radius 3 is 3.10 bits per heavy atom. The molecule has 1 aliphatic heterocycles. The minimum absolute atomic E-state index is 0.0776. The molecule has 108 valence electrons. The van der Waals surface area contributed by atoms with Crippen molar-refractivity contribution in [1.29, 1.82) is 0 Å². The highest BCUT2D eigenvalue weighted by molar-refractivity contribution is 7.99. The molecule has 0 amide bonds. The molecule has 0 aliphatic carbocycles. The number of aryl methyl sites for hydroxylation is 1. The molecule has 1 atom stereocenters. The first kappa shape index (κ1) is 13.9. The third kappa shape index (κ3) is 2.56. The highest BCUT2D eigenvalue weighted by Crippen LogP contribution is 2.27. The highest BCUT2D eigenvalue weighted by atomic mass is 32.2. The fraction of sp³-hybridized carbons (Fsp3) is 0.615. The van der Waals surface area contributed by atoms with Crippen LogP contribution in [0.15, 0.2) is 10.9 Å². The van der Waals surface area contributed by atoms with E-state index < -0.39 is 0 Å². The molecule has 1 fully saturated rings. The number of nitrogens with zero attached hydrogens (tertiary/aromatic N) is 4. The predicted molar refractivity (Wildman–Crippen MR) is 85.3 cm³/mol. The number of aromatic nitrogens is 3. The van der Waals surface area contributed by atoms with Gasteiger partial charge in [0.25, 0.3) is 5.56 Å². The van der Waals surface area contributed by atoms with E-state index in [1.807, 2.05) is 18.7 Å². The van der Waals surface area contributed by atoms with E-state index in [-0.39, 0.29) is 5.56 Å². The van der Waals surface area contributed by atoms with Gasteiger partial charge in [-0.3, -0.25) is 4.79 Å². The topological polar surface area (TPSA) is 50.5 Å². The van der Waals surface area contributed by atoms with Gasteiger partial charge in [-0.15, -0.1) is 5.10 Å². The molecule has 20 heavy (non-hydrogen) atoms. The Bertz CT molecular complexity index is 666. The van der Waals surface area contributed by atoms with Gasteiger partial charge in [-0.1, -0.05) is 18.3 Å². The van der Waals surface area contributed by atoms with Crippen molar-refractivity contribution >= 4 is 33.2 Å². The van der Waals surface area contributed by atoms with Crippen molar-refractivity contribution in [2.75, 3.05) is 23.0 Å². The average Bonchev–Trinajstić information content (AvgIpc) is 2.75. The summed E-state index contributed by atoms with van der Waals surface area (Å²) >= 11 is 3.50. The molecule has 1 unspecified atom stereocenters. The lowest BCUT2D eigenvalue weighted by Gasteiger charge is -2.25. The molecule has 2 aromatic rings. The molecule has 7 heteroatoms. The number of anilines is 1. The largest absolute Gasteiger partial charge is 0.343 e. The van der Waals surface area contributed by atoms with Gasteiger partial charge in [0.1, 0.15) is 0 Å². The summed E-state index contributed by atoms with van der Waals surface area (Å²) in [5.74, 6) is 2.31. The van der Waals surface area contributed by atoms with Crippen LogP contribution in [-0.2, 0) is 6.42 Å². The van der Waals surface area contributed by atoms with Gasteiger partial charge in [0.15, 0.2) is 0 Å². The maximum absolute atomic E-state index is 12.0. The van der Waals surface area contributed by atoms with Crippen molar-refractivity contribution in [3.8, 4) is 0 Å². The van der Waals surface area contributed by atoms with Crippen LogP contribution in [0.1, 0.15) is 26.0 Å². The van der Waals surface area contributed by atoms with Gasteiger partial charge in [0.2, 0.25) is 10.1 Å². The maximum atomic E-state index is 12.0. The van der Waals surface area contributed by atoms with Crippen molar-refractivity contribution in [2.45, 2.75) is 32.7 Å². The molecule has 0 N–H and O–H groups in total. The van der Waals surface area contributed by atoms with Gasteiger partial charge < -0.3 is 4.90 Å². The third-order valence-corrected chi connectivity index (χ3v) is 5.53. The van der Waals surface area contributed by atoms with Gasteiger partial charge in [0, 0.05) is 30.1 Å². The van der Waals surface area contributed by atoms with E-state index in [0.29, 0.717) is 11.0 Å². The number of thioether (sulfide) groups is 1. The van der Waals surface area contributed by atoms with Crippen LogP contribution < -0.4 is 10.5 Å². The summed E-state index contributed by atoms with van der Waals surface area (Å²) in [6.45, 7) is 5.22. The molecule has 3 heterocycles. The summed E-state index contributed by atoms with van der Waals surface area (Å²) in [6.07, 6.45) is 1.93. The van der Waals surface area contributed by atoms with E-state index in [2.05, 4.69) is 21.9 Å². The Morgan fingerprint density at radius 1 is 1.45 bits per heavy atom. The minimum Gasteiger partial charge on any atom is -0.343 e. The second-order valence-corrected chi connectivity index (χ2v) is 7.12. The lowest BCUT2D eigenvalue weighted by molar-refractivity contribution is 0.638. The summed E-state index contributed by atoms with van der Waals surface area (Å²) < 4.78 is 1.43. The monoisotopic (exact) mass is 310 g/mol. The summed E-state index contributed by atoms with van der Waals surface area (Å²) in [6, 6.07) is 2.05. The number of hydrogen-bond acceptors (Lipinski definition) is 6. The summed E-state index contributed by atoms with van der Waals surface area (Å²) in [5.41, 5.74) is 0.760. The molecule has 5 nitrogen and oxygen atoms in total. The van der Waals surface area contributed by atoms with E-state index >= 15 is 0 Å². The lowest BCUT2D eigenvalue weighted by Crippen LogP contribution is -2.33. The zero-order valence-corrected chi connectivity index (χ0v) is 13.3. The van der Waals surface area contributed by atoms with E-state index in [1.54, 1.807) is 6.07 Å². The smallest absolute Gasteiger partial charge is 0.275 e. The van der Waals surface area contributed by atoms with E-state index in [4.69, 9.17) is 0 Å². The lowest BCUT2D eigenvalue weighted by atomic mass is 10.2. The molecule has 3 rings (SSSR count). The van der Waals surface area contributed by atoms with E-state index in [1.165, 1.54) is 21.6 Å². The maximum Gasteiger partial charge on any atom is 0.275 e. The van der Waals surface area contributed by atoms with Crippen molar-refractivity contribution in [1.82, 2.24) is 14.6 Å². The van der Waals surface area contributed by atoms with Crippen molar-refractivity contribution < 1.29 is 0 Å². The van der Waals surface area contributed by atoms with Crippen molar-refractivity contribution in [2.24, 2.45) is 0 Å². The number of hydrogen-bond donors (Lipinski definition) is 0. The molecule has 0 saturated carbocycles. The van der Waals surface area contributed by atoms with Gasteiger partial charge in [-0.05, 0) is 25.5 Å². The van der Waals surface area contributed by atoms with Crippen LogP contribution in [-0.4, -0.2) is 38.7 Å². The third-order valence-electron chi connectivity index (χ3n) is 3.58. The molecule has 0 radical (unpaired) electrons. The van der Waals surface area contributed by atoms with Crippen LogP contribution in [0.2, 0.25) is 0 Å². The summed E-state index contributed by atoms with van der Waals surface area (Å²) in [7, 11) is 0. The van der Waals surface area contributed by atoms with Crippen LogP contribution in [0.25, 0.3) is 4.96 Å². The van der Waals surface area contributed by atoms with Crippen LogP contribution in [0.4, 0.5) is 5.13 Å². The molecule has 0 spiro atoms. The Morgan fingerprint density at radius 2 is 2.30 bits per heavy atom. The summed E-state index contributed by atoms with van der Waals surface area (Å²) in [5, 5.41) is 5.39. The van der Waals surface area contributed by atoms with Gasteiger partial charge in [-0.2, -0.15) is 16.3 Å². The zero-order valence-electron chi connectivity index (χ0n) is 11.7. The van der Waals surface area contributed by atoms with Gasteiger partial charge in [0.05, 0.1) is 0 Å². The van der Waals surface area contributed by atoms with E-state index in [0.717, 1.165) is 36.0 Å². The van der Waals surface area contributed by atoms with Crippen LogP contribution in [0, 0.1) is 0 Å². The summed E-state index contributed by atoms with van der Waals surface area (Å²) in [4.78, 5) is 19.6. The SMILES string of the molecule is CCc1cc(=O)n2nc(N3CCSCCC3C)sc2n1. The first-order valence-electron chi connectivity index (χ1n) is 6.93. The highest BCUT2D eigenvalue weighted by Gasteiger charge is 2.21. The first-order valence-corrected chi connectivity index (χ1v) is 8.90. The van der Waals surface area contributed by atoms with E-state index in [9.17, 15) is 4.79 Å². The fourth-order valence-electron chi connectivity index (χ4n) is 2.32. The first-order chi connectivity index (χ1) is 9.69. The van der Waals surface area contributed by atoms with Gasteiger partial charge >= 0.3 is 0 Å². The molecular formula is C13H18N4OS2. The predicted octanol–water partition coefficient (Wildman–Crippen LogP) is 2.05. The normalized spacial score (nSPS) is 20.3.